The Morgan fingerprint density at radius 2 is 1.85 bits per heavy atom. The summed E-state index contributed by atoms with van der Waals surface area (Å²) in [5.41, 5.74) is 1.44. The lowest BCUT2D eigenvalue weighted by atomic mass is 10.0. The maximum absolute atomic E-state index is 12.4. The normalized spacial score (nSPS) is 12.0. The van der Waals surface area contributed by atoms with Crippen LogP contribution in [0.2, 0.25) is 0 Å². The fourth-order valence-electron chi connectivity index (χ4n) is 3.32. The molecule has 4 rings (SSSR count). The van der Waals surface area contributed by atoms with Crippen molar-refractivity contribution in [2.24, 2.45) is 0 Å². The molecule has 0 spiro atoms. The van der Waals surface area contributed by atoms with Gasteiger partial charge in [0, 0.05) is 6.54 Å². The zero-order chi connectivity index (χ0) is 19.0. The molecule has 0 fully saturated rings. The van der Waals surface area contributed by atoms with Gasteiger partial charge in [-0.3, -0.25) is 9.78 Å². The van der Waals surface area contributed by atoms with Gasteiger partial charge in [0.1, 0.15) is 5.39 Å². The molecule has 6 nitrogen and oxygen atoms in total. The predicted molar refractivity (Wildman–Crippen MR) is 109 cm³/mol. The van der Waals surface area contributed by atoms with Crippen LogP contribution in [0.5, 0.6) is 0 Å². The number of hydrogen-bond donors (Lipinski definition) is 2. The van der Waals surface area contributed by atoms with Crippen LogP contribution in [0.25, 0.3) is 21.8 Å². The van der Waals surface area contributed by atoms with E-state index in [1.807, 2.05) is 26.8 Å². The summed E-state index contributed by atoms with van der Waals surface area (Å²) in [6.07, 6.45) is 2.41. The summed E-state index contributed by atoms with van der Waals surface area (Å²) in [6.45, 7) is 6.79. The van der Waals surface area contributed by atoms with Gasteiger partial charge >= 0.3 is 0 Å². The van der Waals surface area contributed by atoms with E-state index in [1.165, 1.54) is 16.3 Å². The third-order valence-electron chi connectivity index (χ3n) is 4.64. The molecule has 0 bridgehead atoms. The number of aromatic nitrogens is 4. The van der Waals surface area contributed by atoms with Crippen molar-refractivity contribution in [3.63, 3.8) is 0 Å². The van der Waals surface area contributed by atoms with E-state index in [2.05, 4.69) is 56.8 Å². The van der Waals surface area contributed by atoms with Gasteiger partial charge in [0.2, 0.25) is 5.95 Å². The minimum atomic E-state index is -0.247. The molecular weight excluding hydrogens is 338 g/mol. The molecule has 0 aliphatic rings. The molecule has 0 radical (unpaired) electrons. The number of fused-ring (bicyclic) bond motifs is 2. The van der Waals surface area contributed by atoms with Gasteiger partial charge in [-0.15, -0.1) is 0 Å². The Morgan fingerprint density at radius 1 is 1.07 bits per heavy atom. The van der Waals surface area contributed by atoms with Gasteiger partial charge in [-0.25, -0.2) is 4.68 Å². The zero-order valence-electron chi connectivity index (χ0n) is 15.8. The van der Waals surface area contributed by atoms with Crippen LogP contribution in [0.4, 0.5) is 5.95 Å². The lowest BCUT2D eigenvalue weighted by Crippen LogP contribution is -2.24. The minimum absolute atomic E-state index is 0.178. The van der Waals surface area contributed by atoms with Gasteiger partial charge in [-0.1, -0.05) is 42.5 Å². The van der Waals surface area contributed by atoms with Crippen LogP contribution < -0.4 is 10.9 Å². The van der Waals surface area contributed by atoms with E-state index in [4.69, 9.17) is 0 Å². The SMILES string of the molecule is CC(C)(C)n1ncc2c(=O)[nH]c(NCCc3cccc4ccccc34)nc21. The molecule has 0 aliphatic heterocycles. The van der Waals surface area contributed by atoms with Gasteiger partial charge in [0.25, 0.3) is 5.56 Å². The number of benzene rings is 2. The summed E-state index contributed by atoms with van der Waals surface area (Å²) in [7, 11) is 0. The average molecular weight is 361 g/mol. The second-order valence-corrected chi connectivity index (χ2v) is 7.69. The lowest BCUT2D eigenvalue weighted by Gasteiger charge is -2.19. The van der Waals surface area contributed by atoms with Gasteiger partial charge < -0.3 is 5.32 Å². The summed E-state index contributed by atoms with van der Waals surface area (Å²) in [6, 6.07) is 14.7. The Morgan fingerprint density at radius 3 is 2.67 bits per heavy atom. The fourth-order valence-corrected chi connectivity index (χ4v) is 3.32. The highest BCUT2D eigenvalue weighted by Crippen LogP contribution is 2.20. The number of H-pyrrole nitrogens is 1. The van der Waals surface area contributed by atoms with Crippen LogP contribution in [0.3, 0.4) is 0 Å². The Kier molecular flexibility index (Phi) is 4.18. The number of aromatic amines is 1. The Hall–Kier alpha value is -3.15. The van der Waals surface area contributed by atoms with E-state index in [0.29, 0.717) is 23.5 Å². The summed E-state index contributed by atoms with van der Waals surface area (Å²) in [5, 5.41) is 10.6. The molecule has 4 aromatic rings. The maximum Gasteiger partial charge on any atom is 0.263 e. The van der Waals surface area contributed by atoms with Gasteiger partial charge in [0.05, 0.1) is 11.7 Å². The second kappa shape index (κ2) is 6.54. The topological polar surface area (TPSA) is 75.6 Å². The molecule has 2 aromatic heterocycles. The van der Waals surface area contributed by atoms with Crippen LogP contribution in [0.1, 0.15) is 26.3 Å². The van der Waals surface area contributed by atoms with Crippen LogP contribution in [0, 0.1) is 0 Å². The zero-order valence-corrected chi connectivity index (χ0v) is 15.8. The van der Waals surface area contributed by atoms with Crippen molar-refractivity contribution in [1.82, 2.24) is 19.7 Å². The van der Waals surface area contributed by atoms with Crippen molar-refractivity contribution < 1.29 is 0 Å². The quantitative estimate of drug-likeness (QED) is 0.581. The van der Waals surface area contributed by atoms with Crippen molar-refractivity contribution >= 4 is 27.8 Å². The van der Waals surface area contributed by atoms with E-state index in [1.54, 1.807) is 10.9 Å². The van der Waals surface area contributed by atoms with Crippen molar-refractivity contribution in [1.29, 1.82) is 0 Å². The molecule has 0 unspecified atom stereocenters. The van der Waals surface area contributed by atoms with Crippen molar-refractivity contribution in [3.8, 4) is 0 Å². The highest BCUT2D eigenvalue weighted by Gasteiger charge is 2.19. The number of hydrogen-bond acceptors (Lipinski definition) is 4. The fraction of sp³-hybridized carbons (Fsp3) is 0.286. The second-order valence-electron chi connectivity index (χ2n) is 7.69. The van der Waals surface area contributed by atoms with Crippen LogP contribution in [-0.2, 0) is 12.0 Å². The number of anilines is 1. The Labute approximate surface area is 157 Å². The molecule has 27 heavy (non-hydrogen) atoms. The summed E-state index contributed by atoms with van der Waals surface area (Å²) < 4.78 is 1.79. The van der Waals surface area contributed by atoms with E-state index < -0.39 is 0 Å². The van der Waals surface area contributed by atoms with Crippen LogP contribution >= 0.6 is 0 Å². The molecule has 6 heteroatoms. The van der Waals surface area contributed by atoms with E-state index >= 15 is 0 Å². The Bertz CT molecular complexity index is 1160. The number of rotatable bonds is 4. The minimum Gasteiger partial charge on any atom is -0.355 e. The highest BCUT2D eigenvalue weighted by molar-refractivity contribution is 5.85. The molecule has 138 valence electrons. The number of nitrogens with zero attached hydrogens (tertiary/aromatic N) is 3. The first-order valence-electron chi connectivity index (χ1n) is 9.12. The molecule has 0 saturated heterocycles. The largest absolute Gasteiger partial charge is 0.355 e. The highest BCUT2D eigenvalue weighted by atomic mass is 16.1. The van der Waals surface area contributed by atoms with Crippen LogP contribution in [0.15, 0.2) is 53.5 Å². The smallest absolute Gasteiger partial charge is 0.263 e. The van der Waals surface area contributed by atoms with Crippen molar-refractivity contribution in [3.05, 3.63) is 64.6 Å². The predicted octanol–water partition coefficient (Wildman–Crippen LogP) is 3.68. The van der Waals surface area contributed by atoms with Gasteiger partial charge in [-0.2, -0.15) is 10.1 Å². The van der Waals surface area contributed by atoms with Crippen molar-refractivity contribution in [2.75, 3.05) is 11.9 Å². The molecule has 2 N–H and O–H groups in total. The molecule has 2 heterocycles. The first-order chi connectivity index (χ1) is 12.9. The lowest BCUT2D eigenvalue weighted by molar-refractivity contribution is 0.366. The molecule has 0 amide bonds. The summed E-state index contributed by atoms with van der Waals surface area (Å²) in [5.74, 6) is 0.471. The third kappa shape index (κ3) is 3.30. The molecular formula is C21H23N5O. The van der Waals surface area contributed by atoms with Gasteiger partial charge in [0.15, 0.2) is 5.65 Å². The molecule has 0 aliphatic carbocycles. The standard InChI is InChI=1S/C21H23N5O/c1-21(2,3)26-18-17(13-23-26)19(27)25-20(24-18)22-12-11-15-9-6-8-14-7-4-5-10-16(14)15/h4-10,13H,11-12H2,1-3H3,(H2,22,24,25,27). The monoisotopic (exact) mass is 361 g/mol. The molecule has 2 aromatic carbocycles. The maximum atomic E-state index is 12.4. The molecule has 0 saturated carbocycles. The summed E-state index contributed by atoms with van der Waals surface area (Å²) >= 11 is 0. The van der Waals surface area contributed by atoms with Crippen LogP contribution in [-0.4, -0.2) is 26.3 Å². The van der Waals surface area contributed by atoms with Crippen molar-refractivity contribution in [2.45, 2.75) is 32.7 Å². The Balaban J connectivity index is 1.58. The van der Waals surface area contributed by atoms with E-state index in [9.17, 15) is 4.79 Å². The van der Waals surface area contributed by atoms with E-state index in [-0.39, 0.29) is 11.1 Å². The summed E-state index contributed by atoms with van der Waals surface area (Å²) in [4.78, 5) is 19.8. The third-order valence-corrected chi connectivity index (χ3v) is 4.64. The van der Waals surface area contributed by atoms with E-state index in [0.717, 1.165) is 6.42 Å². The average Bonchev–Trinajstić information content (AvgIpc) is 3.07. The number of nitrogens with one attached hydrogen (secondary N) is 2. The molecule has 0 atom stereocenters. The van der Waals surface area contributed by atoms with Gasteiger partial charge in [-0.05, 0) is 43.5 Å². The first kappa shape index (κ1) is 17.3. The first-order valence-corrected chi connectivity index (χ1v) is 9.12.